The van der Waals surface area contributed by atoms with Crippen LogP contribution in [-0.4, -0.2) is 29.7 Å². The standard InChI is InChI=1S/C19H17F4N3O3/c20-14-6-1-2-7-15(14)25-17(27)16-13(8-9-26(24)18(16)28)11-4-3-5-12(10-11)29-19(21,22)23/h1-7,10,13,16H,8-9,24H2,(H,25,27). The van der Waals surface area contributed by atoms with Crippen molar-refractivity contribution >= 4 is 17.5 Å². The zero-order chi connectivity index (χ0) is 21.2. The highest BCUT2D eigenvalue weighted by molar-refractivity contribution is 6.07. The maximum atomic E-state index is 13.9. The van der Waals surface area contributed by atoms with E-state index in [1.165, 1.54) is 30.3 Å². The summed E-state index contributed by atoms with van der Waals surface area (Å²) in [5.74, 6) is 0.873. The second kappa shape index (κ2) is 8.08. The molecule has 0 saturated carbocycles. The second-order valence-corrected chi connectivity index (χ2v) is 6.49. The Morgan fingerprint density at radius 3 is 2.59 bits per heavy atom. The summed E-state index contributed by atoms with van der Waals surface area (Å²) in [7, 11) is 0. The van der Waals surface area contributed by atoms with Gasteiger partial charge in [-0.1, -0.05) is 24.3 Å². The fourth-order valence-corrected chi connectivity index (χ4v) is 3.28. The summed E-state index contributed by atoms with van der Waals surface area (Å²) < 4.78 is 55.3. The normalized spacial score (nSPS) is 19.8. The topological polar surface area (TPSA) is 84.7 Å². The van der Waals surface area contributed by atoms with E-state index in [2.05, 4.69) is 10.1 Å². The summed E-state index contributed by atoms with van der Waals surface area (Å²) in [6.45, 7) is 0.108. The van der Waals surface area contributed by atoms with Crippen LogP contribution in [0.2, 0.25) is 0 Å². The monoisotopic (exact) mass is 411 g/mol. The number of ether oxygens (including phenoxy) is 1. The number of hydrogen-bond donors (Lipinski definition) is 2. The lowest BCUT2D eigenvalue weighted by atomic mass is 9.79. The Morgan fingerprint density at radius 1 is 1.17 bits per heavy atom. The van der Waals surface area contributed by atoms with Gasteiger partial charge in [0.1, 0.15) is 17.5 Å². The maximum Gasteiger partial charge on any atom is 0.573 e. The second-order valence-electron chi connectivity index (χ2n) is 6.49. The molecule has 1 saturated heterocycles. The van der Waals surface area contributed by atoms with Crippen LogP contribution in [0.5, 0.6) is 5.75 Å². The zero-order valence-corrected chi connectivity index (χ0v) is 14.9. The minimum absolute atomic E-state index is 0.108. The molecule has 1 heterocycles. The Morgan fingerprint density at radius 2 is 1.90 bits per heavy atom. The summed E-state index contributed by atoms with van der Waals surface area (Å²) in [4.78, 5) is 25.4. The molecule has 2 aromatic rings. The van der Waals surface area contributed by atoms with Crippen LogP contribution in [-0.2, 0) is 9.59 Å². The number of para-hydroxylation sites is 1. The molecule has 2 aromatic carbocycles. The average Bonchev–Trinajstić information content (AvgIpc) is 2.64. The van der Waals surface area contributed by atoms with E-state index in [0.29, 0.717) is 5.56 Å². The van der Waals surface area contributed by atoms with E-state index in [1.54, 1.807) is 0 Å². The number of benzene rings is 2. The first-order chi connectivity index (χ1) is 13.7. The summed E-state index contributed by atoms with van der Waals surface area (Å²) >= 11 is 0. The predicted octanol–water partition coefficient (Wildman–Crippen LogP) is 3.17. The first-order valence-electron chi connectivity index (χ1n) is 8.63. The molecule has 1 aliphatic heterocycles. The van der Waals surface area contributed by atoms with Crippen LogP contribution in [0.3, 0.4) is 0 Å². The molecule has 2 unspecified atom stereocenters. The number of rotatable bonds is 4. The molecule has 1 aliphatic rings. The minimum atomic E-state index is -4.88. The largest absolute Gasteiger partial charge is 0.573 e. The average molecular weight is 411 g/mol. The molecule has 6 nitrogen and oxygen atoms in total. The number of anilines is 1. The van der Waals surface area contributed by atoms with Crippen molar-refractivity contribution in [2.45, 2.75) is 18.7 Å². The molecule has 3 N–H and O–H groups in total. The summed E-state index contributed by atoms with van der Waals surface area (Å²) in [6.07, 6.45) is -4.65. The molecule has 10 heteroatoms. The number of alkyl halides is 3. The van der Waals surface area contributed by atoms with Gasteiger partial charge in [-0.3, -0.25) is 14.6 Å². The van der Waals surface area contributed by atoms with Gasteiger partial charge in [0, 0.05) is 12.5 Å². The first-order valence-corrected chi connectivity index (χ1v) is 8.63. The number of halogens is 4. The number of carbonyl (C=O) groups is 2. The Kier molecular flexibility index (Phi) is 5.73. The van der Waals surface area contributed by atoms with Gasteiger partial charge in [0.15, 0.2) is 0 Å². The number of carbonyl (C=O) groups excluding carboxylic acids is 2. The number of amides is 2. The van der Waals surface area contributed by atoms with Crippen molar-refractivity contribution in [3.63, 3.8) is 0 Å². The van der Waals surface area contributed by atoms with Crippen molar-refractivity contribution in [3.05, 3.63) is 59.9 Å². The summed E-state index contributed by atoms with van der Waals surface area (Å²) in [5, 5.41) is 3.23. The van der Waals surface area contributed by atoms with Crippen molar-refractivity contribution in [3.8, 4) is 5.75 Å². The SMILES string of the molecule is NN1CCC(c2cccc(OC(F)(F)F)c2)C(C(=O)Nc2ccccc2F)C1=O. The number of piperidine rings is 1. The number of nitrogens with zero attached hydrogens (tertiary/aromatic N) is 1. The van der Waals surface area contributed by atoms with Crippen LogP contribution in [0.25, 0.3) is 0 Å². The van der Waals surface area contributed by atoms with Gasteiger partial charge < -0.3 is 10.1 Å². The molecular weight excluding hydrogens is 394 g/mol. The molecule has 29 heavy (non-hydrogen) atoms. The van der Waals surface area contributed by atoms with Gasteiger partial charge in [0.2, 0.25) is 11.8 Å². The highest BCUT2D eigenvalue weighted by atomic mass is 19.4. The highest BCUT2D eigenvalue weighted by Crippen LogP contribution is 2.36. The lowest BCUT2D eigenvalue weighted by Gasteiger charge is -2.35. The third-order valence-electron chi connectivity index (χ3n) is 4.57. The van der Waals surface area contributed by atoms with Gasteiger partial charge in [-0.2, -0.15) is 0 Å². The Labute approximate surface area is 163 Å². The molecule has 2 atom stereocenters. The van der Waals surface area contributed by atoms with Crippen LogP contribution in [0.1, 0.15) is 17.9 Å². The lowest BCUT2D eigenvalue weighted by molar-refractivity contribution is -0.274. The molecular formula is C19H17F4N3O3. The molecule has 0 radical (unpaired) electrons. The minimum Gasteiger partial charge on any atom is -0.406 e. The maximum absolute atomic E-state index is 13.9. The molecule has 1 fully saturated rings. The van der Waals surface area contributed by atoms with Gasteiger partial charge >= 0.3 is 6.36 Å². The fraction of sp³-hybridized carbons (Fsp3) is 0.263. The number of nitrogens with two attached hydrogens (primary N) is 1. The van der Waals surface area contributed by atoms with E-state index in [0.717, 1.165) is 23.2 Å². The number of hydrogen-bond acceptors (Lipinski definition) is 4. The van der Waals surface area contributed by atoms with E-state index >= 15 is 0 Å². The van der Waals surface area contributed by atoms with Crippen LogP contribution in [0, 0.1) is 11.7 Å². The quantitative estimate of drug-likeness (QED) is 0.350. The summed E-state index contributed by atoms with van der Waals surface area (Å²) in [5.41, 5.74) is 0.189. The fourth-order valence-electron chi connectivity index (χ4n) is 3.28. The van der Waals surface area contributed by atoms with Crippen molar-refractivity contribution in [1.29, 1.82) is 0 Å². The van der Waals surface area contributed by atoms with Crippen molar-refractivity contribution < 1.29 is 31.9 Å². The predicted molar refractivity (Wildman–Crippen MR) is 94.9 cm³/mol. The van der Waals surface area contributed by atoms with Crippen molar-refractivity contribution in [2.75, 3.05) is 11.9 Å². The number of hydrazine groups is 1. The van der Waals surface area contributed by atoms with Gasteiger partial charge in [0.25, 0.3) is 0 Å². The third-order valence-corrected chi connectivity index (χ3v) is 4.57. The molecule has 0 aromatic heterocycles. The van der Waals surface area contributed by atoms with E-state index in [9.17, 15) is 27.2 Å². The highest BCUT2D eigenvalue weighted by Gasteiger charge is 2.42. The van der Waals surface area contributed by atoms with E-state index < -0.39 is 41.6 Å². The van der Waals surface area contributed by atoms with Gasteiger partial charge in [-0.05, 0) is 36.2 Å². The van der Waals surface area contributed by atoms with Crippen LogP contribution < -0.4 is 15.9 Å². The summed E-state index contributed by atoms with van der Waals surface area (Å²) in [6, 6.07) is 10.5. The van der Waals surface area contributed by atoms with Gasteiger partial charge in [-0.15, -0.1) is 13.2 Å². The Hall–Kier alpha value is -3.14. The Bertz CT molecular complexity index is 920. The molecule has 0 aliphatic carbocycles. The number of nitrogens with one attached hydrogen (secondary N) is 1. The van der Waals surface area contributed by atoms with Crippen LogP contribution >= 0.6 is 0 Å². The smallest absolute Gasteiger partial charge is 0.406 e. The van der Waals surface area contributed by atoms with Crippen LogP contribution in [0.15, 0.2) is 48.5 Å². The van der Waals surface area contributed by atoms with E-state index in [4.69, 9.17) is 5.84 Å². The van der Waals surface area contributed by atoms with E-state index in [-0.39, 0.29) is 18.7 Å². The molecule has 154 valence electrons. The third kappa shape index (κ3) is 4.83. The molecule has 0 bridgehead atoms. The zero-order valence-electron chi connectivity index (χ0n) is 14.9. The van der Waals surface area contributed by atoms with Crippen molar-refractivity contribution in [2.24, 2.45) is 11.8 Å². The first kappa shape index (κ1) is 20.6. The van der Waals surface area contributed by atoms with Crippen molar-refractivity contribution in [1.82, 2.24) is 5.01 Å². The molecule has 0 spiro atoms. The Balaban J connectivity index is 1.90. The molecule has 2 amide bonds. The van der Waals surface area contributed by atoms with Gasteiger partial charge in [0.05, 0.1) is 5.69 Å². The van der Waals surface area contributed by atoms with Gasteiger partial charge in [-0.25, -0.2) is 10.2 Å². The molecule has 3 rings (SSSR count). The van der Waals surface area contributed by atoms with E-state index in [1.807, 2.05) is 0 Å². The lowest BCUT2D eigenvalue weighted by Crippen LogP contribution is -2.52. The van der Waals surface area contributed by atoms with Crippen LogP contribution in [0.4, 0.5) is 23.2 Å².